The summed E-state index contributed by atoms with van der Waals surface area (Å²) in [7, 11) is 2.76. The lowest BCUT2D eigenvalue weighted by Crippen LogP contribution is -2.40. The van der Waals surface area contributed by atoms with E-state index >= 15 is 0 Å². The van der Waals surface area contributed by atoms with Crippen molar-refractivity contribution in [1.29, 1.82) is 0 Å². The molecule has 3 N–H and O–H groups in total. The molecule has 2 aromatic heterocycles. The number of amides is 2. The average molecular weight is 376 g/mol. The minimum Gasteiger partial charge on any atom is -0.365 e. The van der Waals surface area contributed by atoms with Crippen molar-refractivity contribution in [2.24, 2.45) is 25.7 Å². The first kappa shape index (κ1) is 18.1. The molecule has 138 valence electrons. The van der Waals surface area contributed by atoms with Crippen LogP contribution >= 0.6 is 11.3 Å². The number of nitrogens with zero attached hydrogens (tertiary/aromatic N) is 2. The van der Waals surface area contributed by atoms with Crippen LogP contribution in [-0.2, 0) is 26.9 Å². The summed E-state index contributed by atoms with van der Waals surface area (Å²) in [5, 5.41) is 3.00. The number of carbonyl (C=O) groups excluding carboxylic acids is 2. The maximum atomic E-state index is 12.6. The third kappa shape index (κ3) is 2.98. The summed E-state index contributed by atoms with van der Waals surface area (Å²) < 4.78 is 2.03. The van der Waals surface area contributed by atoms with Gasteiger partial charge in [-0.1, -0.05) is 6.92 Å². The van der Waals surface area contributed by atoms with Gasteiger partial charge in [-0.15, -0.1) is 11.3 Å². The van der Waals surface area contributed by atoms with Gasteiger partial charge in [0.1, 0.15) is 10.6 Å². The topological polar surface area (TPSA) is 116 Å². The van der Waals surface area contributed by atoms with Crippen molar-refractivity contribution in [1.82, 2.24) is 9.13 Å². The van der Waals surface area contributed by atoms with Crippen LogP contribution in [0.4, 0.5) is 5.00 Å². The van der Waals surface area contributed by atoms with E-state index in [4.69, 9.17) is 5.73 Å². The Balaban J connectivity index is 2.02. The minimum absolute atomic E-state index is 0.176. The van der Waals surface area contributed by atoms with E-state index in [1.54, 1.807) is 0 Å². The van der Waals surface area contributed by atoms with Gasteiger partial charge < -0.3 is 15.6 Å². The van der Waals surface area contributed by atoms with E-state index in [0.29, 0.717) is 16.5 Å². The van der Waals surface area contributed by atoms with Crippen molar-refractivity contribution < 1.29 is 9.59 Å². The zero-order valence-electron chi connectivity index (χ0n) is 14.8. The number of fused-ring (bicyclic) bond motifs is 1. The highest BCUT2D eigenvalue weighted by atomic mass is 32.1. The molecule has 3 rings (SSSR count). The molecule has 0 saturated carbocycles. The quantitative estimate of drug-likeness (QED) is 0.817. The fourth-order valence-electron chi connectivity index (χ4n) is 3.23. The number of thiophene rings is 1. The van der Waals surface area contributed by atoms with Crippen molar-refractivity contribution in [3.63, 3.8) is 0 Å². The average Bonchev–Trinajstić information content (AvgIpc) is 2.92. The molecule has 8 nitrogen and oxygen atoms in total. The Hall–Kier alpha value is -2.68. The Labute approximate surface area is 153 Å². The van der Waals surface area contributed by atoms with Crippen molar-refractivity contribution in [2.75, 3.05) is 5.32 Å². The van der Waals surface area contributed by atoms with E-state index in [0.717, 1.165) is 38.8 Å². The Morgan fingerprint density at radius 3 is 2.65 bits per heavy atom. The van der Waals surface area contributed by atoms with Crippen LogP contribution < -0.4 is 22.3 Å². The van der Waals surface area contributed by atoms with Crippen molar-refractivity contribution in [3.05, 3.63) is 48.6 Å². The molecule has 1 aliphatic carbocycles. The standard InChI is InChI=1S/C17H20N4O4S/c1-8-4-5-9-11(6-8)26-15(12(9)13(18)22)19-14(23)10-7-20(2)17(25)21(3)16(10)24/h7-8H,4-6H2,1-3H3,(H2,18,22)(H,19,23). The predicted octanol–water partition coefficient (Wildman–Crippen LogP) is 0.621. The van der Waals surface area contributed by atoms with Crippen LogP contribution in [0.5, 0.6) is 0 Å². The molecule has 1 unspecified atom stereocenters. The highest BCUT2D eigenvalue weighted by Crippen LogP contribution is 2.39. The van der Waals surface area contributed by atoms with Crippen molar-refractivity contribution in [3.8, 4) is 0 Å². The molecule has 0 spiro atoms. The van der Waals surface area contributed by atoms with Gasteiger partial charge in [0.25, 0.3) is 17.4 Å². The first-order valence-electron chi connectivity index (χ1n) is 8.23. The molecule has 0 aromatic carbocycles. The highest BCUT2D eigenvalue weighted by Gasteiger charge is 2.28. The maximum absolute atomic E-state index is 12.6. The number of rotatable bonds is 3. The smallest absolute Gasteiger partial charge is 0.330 e. The molecule has 2 aromatic rings. The Morgan fingerprint density at radius 1 is 1.31 bits per heavy atom. The van der Waals surface area contributed by atoms with Gasteiger partial charge in [0.05, 0.1) is 5.56 Å². The largest absolute Gasteiger partial charge is 0.365 e. The summed E-state index contributed by atoms with van der Waals surface area (Å²) in [5.41, 5.74) is 5.36. The molecule has 9 heteroatoms. The second kappa shape index (κ2) is 6.56. The number of nitrogens with two attached hydrogens (primary N) is 1. The number of aryl methyl sites for hydroxylation is 1. The van der Waals surface area contributed by atoms with Gasteiger partial charge in [0.15, 0.2) is 0 Å². The molecule has 0 aliphatic heterocycles. The van der Waals surface area contributed by atoms with Gasteiger partial charge in [-0.05, 0) is 30.7 Å². The van der Waals surface area contributed by atoms with Crippen LogP contribution in [0.3, 0.4) is 0 Å². The fraction of sp³-hybridized carbons (Fsp3) is 0.412. The summed E-state index contributed by atoms with van der Waals surface area (Å²) in [4.78, 5) is 49.6. The van der Waals surface area contributed by atoms with Crippen LogP contribution in [0, 0.1) is 5.92 Å². The number of carbonyl (C=O) groups is 2. The molecule has 0 fully saturated rings. The van der Waals surface area contributed by atoms with Crippen LogP contribution in [0.1, 0.15) is 44.5 Å². The van der Waals surface area contributed by atoms with Gasteiger partial charge in [-0.25, -0.2) is 4.79 Å². The van der Waals surface area contributed by atoms with E-state index in [2.05, 4.69) is 12.2 Å². The van der Waals surface area contributed by atoms with Crippen molar-refractivity contribution in [2.45, 2.75) is 26.2 Å². The van der Waals surface area contributed by atoms with E-state index < -0.39 is 23.1 Å². The Morgan fingerprint density at radius 2 is 2.00 bits per heavy atom. The van der Waals surface area contributed by atoms with Gasteiger partial charge >= 0.3 is 5.69 Å². The first-order chi connectivity index (χ1) is 12.2. The molecule has 0 radical (unpaired) electrons. The molecule has 26 heavy (non-hydrogen) atoms. The normalized spacial score (nSPS) is 16.2. The summed E-state index contributed by atoms with van der Waals surface area (Å²) in [6, 6.07) is 0. The first-order valence-corrected chi connectivity index (χ1v) is 9.04. The summed E-state index contributed by atoms with van der Waals surface area (Å²) in [6.07, 6.45) is 3.72. The number of hydrogen-bond acceptors (Lipinski definition) is 5. The Bertz CT molecular complexity index is 1030. The second-order valence-electron chi connectivity index (χ2n) is 6.67. The maximum Gasteiger partial charge on any atom is 0.330 e. The predicted molar refractivity (Wildman–Crippen MR) is 98.9 cm³/mol. The molecule has 0 saturated heterocycles. The third-order valence-corrected chi connectivity index (χ3v) is 5.85. The zero-order chi connectivity index (χ0) is 19.2. The molecule has 1 atom stereocenters. The SMILES string of the molecule is CC1CCc2c(sc(NC(=O)c3cn(C)c(=O)n(C)c3=O)c2C(N)=O)C1. The lowest BCUT2D eigenvalue weighted by molar-refractivity contribution is 0.1000. The second-order valence-corrected chi connectivity index (χ2v) is 7.78. The number of nitrogens with one attached hydrogen (secondary N) is 1. The van der Waals surface area contributed by atoms with Gasteiger partial charge in [-0.2, -0.15) is 0 Å². The molecule has 2 amide bonds. The molecular weight excluding hydrogens is 356 g/mol. The molecule has 2 heterocycles. The number of hydrogen-bond donors (Lipinski definition) is 2. The van der Waals surface area contributed by atoms with Gasteiger partial charge in [0.2, 0.25) is 0 Å². The number of aromatic nitrogens is 2. The monoisotopic (exact) mass is 376 g/mol. The lowest BCUT2D eigenvalue weighted by Gasteiger charge is -2.18. The van der Waals surface area contributed by atoms with Crippen molar-refractivity contribution >= 4 is 28.2 Å². The molecule has 1 aliphatic rings. The summed E-state index contributed by atoms with van der Waals surface area (Å²) in [5.74, 6) is -0.766. The summed E-state index contributed by atoms with van der Waals surface area (Å²) >= 11 is 1.32. The van der Waals surface area contributed by atoms with Crippen LogP contribution in [0.15, 0.2) is 15.8 Å². The lowest BCUT2D eigenvalue weighted by atomic mass is 9.88. The van der Waals surface area contributed by atoms with Gasteiger partial charge in [-0.3, -0.25) is 19.0 Å². The molecule has 0 bridgehead atoms. The number of primary amides is 1. The fourth-order valence-corrected chi connectivity index (χ4v) is 4.65. The Kier molecular flexibility index (Phi) is 4.57. The van der Waals surface area contributed by atoms with Crippen LogP contribution in [0.25, 0.3) is 0 Å². The van der Waals surface area contributed by atoms with E-state index in [1.165, 1.54) is 31.6 Å². The third-order valence-electron chi connectivity index (χ3n) is 4.68. The summed E-state index contributed by atoms with van der Waals surface area (Å²) in [6.45, 7) is 2.14. The highest BCUT2D eigenvalue weighted by molar-refractivity contribution is 7.17. The van der Waals surface area contributed by atoms with Crippen LogP contribution in [0.2, 0.25) is 0 Å². The zero-order valence-corrected chi connectivity index (χ0v) is 15.6. The van der Waals surface area contributed by atoms with E-state index in [1.807, 2.05) is 0 Å². The van der Waals surface area contributed by atoms with E-state index in [-0.39, 0.29) is 5.56 Å². The van der Waals surface area contributed by atoms with Gasteiger partial charge in [0, 0.05) is 25.2 Å². The molecular formula is C17H20N4O4S. The number of anilines is 1. The minimum atomic E-state index is -0.693. The van der Waals surface area contributed by atoms with Crippen LogP contribution in [-0.4, -0.2) is 20.9 Å². The van der Waals surface area contributed by atoms with E-state index in [9.17, 15) is 19.2 Å².